The molecule has 0 bridgehead atoms. The quantitative estimate of drug-likeness (QED) is 0.842. The van der Waals surface area contributed by atoms with Crippen molar-refractivity contribution in [2.45, 2.75) is 0 Å². The van der Waals surface area contributed by atoms with E-state index in [9.17, 15) is 0 Å². The van der Waals surface area contributed by atoms with Crippen molar-refractivity contribution >= 4 is 21.7 Å². The van der Waals surface area contributed by atoms with E-state index in [0.29, 0.717) is 0 Å². The van der Waals surface area contributed by atoms with Gasteiger partial charge in [0.2, 0.25) is 0 Å². The normalized spacial score (nSPS) is 16.7. The largest absolute Gasteiger partial charge is 0.370 e. The smallest absolute Gasteiger partial charge is 0.125 e. The third kappa shape index (κ3) is 2.42. The van der Waals surface area contributed by atoms with Crippen LogP contribution in [0.25, 0.3) is 0 Å². The Hall–Kier alpha value is -0.610. The lowest BCUT2D eigenvalue weighted by Gasteiger charge is -2.27. The molecule has 3 nitrogen and oxygen atoms in total. The van der Waals surface area contributed by atoms with Gasteiger partial charge in [0, 0.05) is 36.2 Å². The van der Waals surface area contributed by atoms with Gasteiger partial charge in [-0.2, -0.15) is 0 Å². The van der Waals surface area contributed by atoms with Gasteiger partial charge in [-0.05, 0) is 28.1 Å². The van der Waals surface area contributed by atoms with E-state index in [4.69, 9.17) is 0 Å². The summed E-state index contributed by atoms with van der Waals surface area (Å²) >= 11 is 3.35. The molecule has 1 aromatic heterocycles. The van der Waals surface area contributed by atoms with Crippen molar-refractivity contribution in [3.8, 4) is 0 Å². The molecule has 0 atom stereocenters. The predicted octanol–water partition coefficient (Wildman–Crippen LogP) is 1.48. The molecule has 1 aliphatic rings. The van der Waals surface area contributed by atoms with Crippen molar-refractivity contribution in [2.24, 2.45) is 5.92 Å². The van der Waals surface area contributed by atoms with Crippen LogP contribution < -0.4 is 10.6 Å². The summed E-state index contributed by atoms with van der Waals surface area (Å²) in [5.41, 5.74) is 0. The van der Waals surface area contributed by atoms with Crippen molar-refractivity contribution in [3.63, 3.8) is 0 Å². The van der Waals surface area contributed by atoms with E-state index in [1.54, 1.807) is 6.20 Å². The Morgan fingerprint density at radius 2 is 2.38 bits per heavy atom. The van der Waals surface area contributed by atoms with Gasteiger partial charge in [0.15, 0.2) is 0 Å². The molecular weight excluding hydrogens is 230 g/mol. The zero-order valence-electron chi connectivity index (χ0n) is 7.26. The first-order valence-electron chi connectivity index (χ1n) is 4.41. The van der Waals surface area contributed by atoms with E-state index >= 15 is 0 Å². The molecule has 2 N–H and O–H groups in total. The third-order valence-corrected chi connectivity index (χ3v) is 2.63. The van der Waals surface area contributed by atoms with E-state index < -0.39 is 0 Å². The molecule has 2 rings (SSSR count). The Morgan fingerprint density at radius 1 is 1.54 bits per heavy atom. The summed E-state index contributed by atoms with van der Waals surface area (Å²) in [4.78, 5) is 4.23. The molecule has 70 valence electrons. The second-order valence-electron chi connectivity index (χ2n) is 3.27. The Morgan fingerprint density at radius 3 is 2.92 bits per heavy atom. The van der Waals surface area contributed by atoms with Crippen LogP contribution in [0.3, 0.4) is 0 Å². The molecule has 0 aliphatic carbocycles. The van der Waals surface area contributed by atoms with Gasteiger partial charge >= 0.3 is 0 Å². The number of hydrogen-bond donors (Lipinski definition) is 2. The van der Waals surface area contributed by atoms with Crippen LogP contribution in [-0.2, 0) is 0 Å². The number of nitrogens with zero attached hydrogens (tertiary/aromatic N) is 1. The fraction of sp³-hybridized carbons (Fsp3) is 0.444. The highest BCUT2D eigenvalue weighted by Crippen LogP contribution is 2.11. The zero-order valence-corrected chi connectivity index (χ0v) is 8.84. The summed E-state index contributed by atoms with van der Waals surface area (Å²) in [6.07, 6.45) is 1.81. The SMILES string of the molecule is Brc1ccc(NCC2CNC2)nc1. The minimum Gasteiger partial charge on any atom is -0.370 e. The van der Waals surface area contributed by atoms with Crippen molar-refractivity contribution in [1.29, 1.82) is 0 Å². The lowest BCUT2D eigenvalue weighted by Crippen LogP contribution is -2.45. The number of anilines is 1. The highest BCUT2D eigenvalue weighted by Gasteiger charge is 2.15. The number of aromatic nitrogens is 1. The van der Waals surface area contributed by atoms with Crippen LogP contribution >= 0.6 is 15.9 Å². The standard InChI is InChI=1S/C9H12BrN3/c10-8-1-2-9(13-6-8)12-5-7-3-11-4-7/h1-2,6-7,11H,3-5H2,(H,12,13). The predicted molar refractivity (Wildman–Crippen MR) is 56.8 cm³/mol. The minimum absolute atomic E-state index is 0.769. The number of rotatable bonds is 3. The number of pyridine rings is 1. The summed E-state index contributed by atoms with van der Waals surface area (Å²) in [7, 11) is 0. The topological polar surface area (TPSA) is 37.0 Å². The Kier molecular flexibility index (Phi) is 2.80. The molecule has 2 heterocycles. The van der Waals surface area contributed by atoms with Crippen LogP contribution in [0.1, 0.15) is 0 Å². The van der Waals surface area contributed by atoms with E-state index in [2.05, 4.69) is 31.5 Å². The van der Waals surface area contributed by atoms with Crippen LogP contribution in [0, 0.1) is 5.92 Å². The molecule has 13 heavy (non-hydrogen) atoms. The molecule has 1 aromatic rings. The summed E-state index contributed by atoms with van der Waals surface area (Å²) in [5.74, 6) is 1.72. The second-order valence-corrected chi connectivity index (χ2v) is 4.18. The summed E-state index contributed by atoms with van der Waals surface area (Å²) < 4.78 is 1.02. The maximum atomic E-state index is 4.23. The van der Waals surface area contributed by atoms with Gasteiger partial charge in [0.1, 0.15) is 5.82 Å². The molecule has 4 heteroatoms. The van der Waals surface area contributed by atoms with E-state index in [-0.39, 0.29) is 0 Å². The molecule has 0 unspecified atom stereocenters. The van der Waals surface area contributed by atoms with Crippen LogP contribution in [0.2, 0.25) is 0 Å². The van der Waals surface area contributed by atoms with E-state index in [1.807, 2.05) is 12.1 Å². The fourth-order valence-electron chi connectivity index (χ4n) is 1.22. The number of hydrogen-bond acceptors (Lipinski definition) is 3. The highest BCUT2D eigenvalue weighted by atomic mass is 79.9. The van der Waals surface area contributed by atoms with Gasteiger partial charge in [0.05, 0.1) is 0 Å². The van der Waals surface area contributed by atoms with Gasteiger partial charge in [-0.1, -0.05) is 0 Å². The molecule has 1 saturated heterocycles. The van der Waals surface area contributed by atoms with Crippen molar-refractivity contribution in [3.05, 3.63) is 22.8 Å². The molecule has 1 fully saturated rings. The maximum absolute atomic E-state index is 4.23. The summed E-state index contributed by atoms with van der Waals surface area (Å²) in [5, 5.41) is 6.54. The molecule has 0 saturated carbocycles. The van der Waals surface area contributed by atoms with Crippen LogP contribution in [-0.4, -0.2) is 24.6 Å². The summed E-state index contributed by atoms with van der Waals surface area (Å²) in [6.45, 7) is 3.27. The third-order valence-electron chi connectivity index (χ3n) is 2.17. The lowest BCUT2D eigenvalue weighted by atomic mass is 10.0. The first-order valence-corrected chi connectivity index (χ1v) is 5.20. The number of nitrogens with one attached hydrogen (secondary N) is 2. The Labute approximate surface area is 86.1 Å². The van der Waals surface area contributed by atoms with E-state index in [0.717, 1.165) is 35.8 Å². The number of halogens is 1. The molecule has 0 amide bonds. The van der Waals surface area contributed by atoms with Gasteiger partial charge in [-0.15, -0.1) is 0 Å². The second kappa shape index (κ2) is 4.07. The van der Waals surface area contributed by atoms with Crippen LogP contribution in [0.15, 0.2) is 22.8 Å². The molecule has 1 aliphatic heterocycles. The average Bonchev–Trinajstić information content (AvgIpc) is 2.05. The van der Waals surface area contributed by atoms with Crippen molar-refractivity contribution in [2.75, 3.05) is 25.0 Å². The molecule has 0 spiro atoms. The zero-order chi connectivity index (χ0) is 9.10. The Balaban J connectivity index is 1.83. The molecule has 0 radical (unpaired) electrons. The summed E-state index contributed by atoms with van der Waals surface area (Å²) in [6, 6.07) is 3.98. The molecular formula is C9H12BrN3. The first kappa shape index (κ1) is 8.97. The minimum atomic E-state index is 0.769. The van der Waals surface area contributed by atoms with Gasteiger partial charge in [-0.3, -0.25) is 0 Å². The van der Waals surface area contributed by atoms with Crippen LogP contribution in [0.5, 0.6) is 0 Å². The van der Waals surface area contributed by atoms with Gasteiger partial charge < -0.3 is 10.6 Å². The van der Waals surface area contributed by atoms with Crippen LogP contribution in [0.4, 0.5) is 5.82 Å². The van der Waals surface area contributed by atoms with E-state index in [1.165, 1.54) is 0 Å². The first-order chi connectivity index (χ1) is 6.34. The highest BCUT2D eigenvalue weighted by molar-refractivity contribution is 9.10. The average molecular weight is 242 g/mol. The molecule has 0 aromatic carbocycles. The monoisotopic (exact) mass is 241 g/mol. The van der Waals surface area contributed by atoms with Gasteiger partial charge in [-0.25, -0.2) is 4.98 Å². The Bertz CT molecular complexity index is 269. The fourth-order valence-corrected chi connectivity index (χ4v) is 1.46. The van der Waals surface area contributed by atoms with Crippen molar-refractivity contribution < 1.29 is 0 Å². The lowest BCUT2D eigenvalue weighted by molar-refractivity contribution is 0.365. The maximum Gasteiger partial charge on any atom is 0.125 e. The van der Waals surface area contributed by atoms with Gasteiger partial charge in [0.25, 0.3) is 0 Å². The van der Waals surface area contributed by atoms with Crippen molar-refractivity contribution in [1.82, 2.24) is 10.3 Å².